The molecule has 0 fully saturated rings. The van der Waals surface area contributed by atoms with Crippen molar-refractivity contribution in [3.8, 4) is 0 Å². The highest BCUT2D eigenvalue weighted by Crippen LogP contribution is 2.05. The maximum Gasteiger partial charge on any atom is 0.242 e. The number of nitrogens with two attached hydrogens (primary N) is 1. The second kappa shape index (κ2) is 9.95. The topological polar surface area (TPSA) is 84.2 Å². The lowest BCUT2D eigenvalue weighted by molar-refractivity contribution is -0.128. The van der Waals surface area contributed by atoms with Crippen LogP contribution in [0.1, 0.15) is 38.7 Å². The Morgan fingerprint density at radius 2 is 1.82 bits per heavy atom. The lowest BCUT2D eigenvalue weighted by atomic mass is 10.1. The quantitative estimate of drug-likeness (QED) is 0.602. The van der Waals surface area contributed by atoms with Gasteiger partial charge in [0.1, 0.15) is 6.04 Å². The van der Waals surface area contributed by atoms with Crippen LogP contribution in [0.3, 0.4) is 0 Å². The average Bonchev–Trinajstić information content (AvgIpc) is 2.46. The Balaban J connectivity index is 2.51. The van der Waals surface area contributed by atoms with Crippen LogP contribution in [0.5, 0.6) is 0 Å². The molecule has 0 aliphatic rings. The lowest BCUT2D eigenvalue weighted by Crippen LogP contribution is -2.49. The van der Waals surface area contributed by atoms with Gasteiger partial charge in [0.2, 0.25) is 11.8 Å². The van der Waals surface area contributed by atoms with E-state index in [-0.39, 0.29) is 17.9 Å². The van der Waals surface area contributed by atoms with Gasteiger partial charge in [-0.2, -0.15) is 0 Å². The van der Waals surface area contributed by atoms with Crippen LogP contribution in [-0.2, 0) is 16.0 Å². The predicted molar refractivity (Wildman–Crippen MR) is 88.3 cm³/mol. The predicted octanol–water partition coefficient (Wildman–Crippen LogP) is 1.37. The van der Waals surface area contributed by atoms with Crippen LogP contribution in [0, 0.1) is 0 Å². The van der Waals surface area contributed by atoms with Crippen molar-refractivity contribution in [2.45, 2.75) is 51.6 Å². The molecule has 0 unspecified atom stereocenters. The van der Waals surface area contributed by atoms with Crippen molar-refractivity contribution >= 4 is 11.8 Å². The van der Waals surface area contributed by atoms with E-state index in [1.807, 2.05) is 37.3 Å². The van der Waals surface area contributed by atoms with Gasteiger partial charge in [0.15, 0.2) is 0 Å². The monoisotopic (exact) mass is 305 g/mol. The van der Waals surface area contributed by atoms with Gasteiger partial charge in [0.25, 0.3) is 0 Å². The minimum atomic E-state index is -0.484. The Morgan fingerprint density at radius 3 is 2.41 bits per heavy atom. The van der Waals surface area contributed by atoms with Crippen LogP contribution in [0.4, 0.5) is 0 Å². The van der Waals surface area contributed by atoms with E-state index in [2.05, 4.69) is 10.6 Å². The first-order valence-electron chi connectivity index (χ1n) is 7.84. The summed E-state index contributed by atoms with van der Waals surface area (Å²) in [6, 6.07) is 9.54. The molecule has 0 aliphatic heterocycles. The second-order valence-electron chi connectivity index (χ2n) is 5.64. The van der Waals surface area contributed by atoms with E-state index in [0.29, 0.717) is 13.0 Å². The third-order valence-electron chi connectivity index (χ3n) is 3.41. The molecule has 0 saturated carbocycles. The molecule has 5 heteroatoms. The van der Waals surface area contributed by atoms with E-state index in [4.69, 9.17) is 5.73 Å². The van der Waals surface area contributed by atoms with E-state index < -0.39 is 6.04 Å². The summed E-state index contributed by atoms with van der Waals surface area (Å²) in [7, 11) is 0. The number of carbonyl (C=O) groups excluding carboxylic acids is 2. The number of nitrogens with one attached hydrogen (secondary N) is 2. The van der Waals surface area contributed by atoms with Crippen LogP contribution in [0.25, 0.3) is 0 Å². The molecule has 0 aromatic heterocycles. The first-order valence-corrected chi connectivity index (χ1v) is 7.84. The summed E-state index contributed by atoms with van der Waals surface area (Å²) in [5.41, 5.74) is 6.65. The Hall–Kier alpha value is -1.88. The summed E-state index contributed by atoms with van der Waals surface area (Å²) in [5.74, 6) is -0.320. The second-order valence-corrected chi connectivity index (χ2v) is 5.64. The SMILES string of the molecule is CC(=O)N[C@@H](CCCCN)C(=O)N[C@@H](C)Cc1ccccc1. The molecule has 0 radical (unpaired) electrons. The van der Waals surface area contributed by atoms with Crippen molar-refractivity contribution in [3.05, 3.63) is 35.9 Å². The van der Waals surface area contributed by atoms with Gasteiger partial charge in [-0.15, -0.1) is 0 Å². The zero-order chi connectivity index (χ0) is 16.4. The minimum Gasteiger partial charge on any atom is -0.352 e. The summed E-state index contributed by atoms with van der Waals surface area (Å²) < 4.78 is 0. The third-order valence-corrected chi connectivity index (χ3v) is 3.41. The first kappa shape index (κ1) is 18.2. The largest absolute Gasteiger partial charge is 0.352 e. The molecule has 1 aromatic rings. The van der Waals surface area contributed by atoms with Crippen LogP contribution < -0.4 is 16.4 Å². The molecule has 0 heterocycles. The third kappa shape index (κ3) is 7.22. The van der Waals surface area contributed by atoms with E-state index >= 15 is 0 Å². The Kier molecular flexibility index (Phi) is 8.22. The number of rotatable bonds is 9. The summed E-state index contributed by atoms with van der Waals surface area (Å²) >= 11 is 0. The maximum atomic E-state index is 12.3. The van der Waals surface area contributed by atoms with Gasteiger partial charge in [0, 0.05) is 13.0 Å². The summed E-state index contributed by atoms with van der Waals surface area (Å²) in [5, 5.41) is 5.69. The molecule has 0 bridgehead atoms. The van der Waals surface area contributed by atoms with E-state index in [1.165, 1.54) is 12.5 Å². The van der Waals surface area contributed by atoms with Gasteiger partial charge in [0.05, 0.1) is 0 Å². The van der Waals surface area contributed by atoms with Gasteiger partial charge in [-0.3, -0.25) is 9.59 Å². The molecule has 122 valence electrons. The van der Waals surface area contributed by atoms with Crippen molar-refractivity contribution in [3.63, 3.8) is 0 Å². The zero-order valence-corrected chi connectivity index (χ0v) is 13.5. The number of hydrogen-bond acceptors (Lipinski definition) is 3. The van der Waals surface area contributed by atoms with E-state index in [1.54, 1.807) is 0 Å². The lowest BCUT2D eigenvalue weighted by Gasteiger charge is -2.21. The van der Waals surface area contributed by atoms with Gasteiger partial charge >= 0.3 is 0 Å². The van der Waals surface area contributed by atoms with Crippen molar-refractivity contribution < 1.29 is 9.59 Å². The number of unbranched alkanes of at least 4 members (excludes halogenated alkanes) is 1. The summed E-state index contributed by atoms with van der Waals surface area (Å²) in [4.78, 5) is 23.6. The Labute approximate surface area is 132 Å². The van der Waals surface area contributed by atoms with Gasteiger partial charge in [-0.1, -0.05) is 30.3 Å². The molecule has 0 saturated heterocycles. The fraction of sp³-hybridized carbons (Fsp3) is 0.529. The number of benzene rings is 1. The average molecular weight is 305 g/mol. The molecule has 0 aliphatic carbocycles. The Morgan fingerprint density at radius 1 is 1.14 bits per heavy atom. The van der Waals surface area contributed by atoms with Crippen molar-refractivity contribution in [2.24, 2.45) is 5.73 Å². The standard InChI is InChI=1S/C17H27N3O2/c1-13(12-15-8-4-3-5-9-15)19-17(22)16(20-14(2)21)10-6-7-11-18/h3-5,8-9,13,16H,6-7,10-12,18H2,1-2H3,(H,19,22)(H,20,21)/t13-,16-/m0/s1. The zero-order valence-electron chi connectivity index (χ0n) is 13.5. The van der Waals surface area contributed by atoms with Crippen LogP contribution >= 0.6 is 0 Å². The number of amides is 2. The van der Waals surface area contributed by atoms with Crippen LogP contribution in [0.15, 0.2) is 30.3 Å². The summed E-state index contributed by atoms with van der Waals surface area (Å²) in [6.07, 6.45) is 3.05. The molecule has 1 rings (SSSR count). The molecular formula is C17H27N3O2. The van der Waals surface area contributed by atoms with Crippen molar-refractivity contribution in [2.75, 3.05) is 6.54 Å². The highest BCUT2D eigenvalue weighted by Gasteiger charge is 2.20. The van der Waals surface area contributed by atoms with E-state index in [9.17, 15) is 9.59 Å². The Bertz CT molecular complexity index is 462. The number of hydrogen-bond donors (Lipinski definition) is 3. The molecule has 2 amide bonds. The smallest absolute Gasteiger partial charge is 0.242 e. The highest BCUT2D eigenvalue weighted by molar-refractivity contribution is 5.86. The van der Waals surface area contributed by atoms with E-state index in [0.717, 1.165) is 19.3 Å². The molecule has 4 N–H and O–H groups in total. The van der Waals surface area contributed by atoms with Crippen molar-refractivity contribution in [1.29, 1.82) is 0 Å². The molecule has 5 nitrogen and oxygen atoms in total. The summed E-state index contributed by atoms with van der Waals surface area (Å²) in [6.45, 7) is 3.99. The molecule has 22 heavy (non-hydrogen) atoms. The van der Waals surface area contributed by atoms with Crippen molar-refractivity contribution in [1.82, 2.24) is 10.6 Å². The van der Waals surface area contributed by atoms with Crippen LogP contribution in [0.2, 0.25) is 0 Å². The fourth-order valence-electron chi connectivity index (χ4n) is 2.37. The minimum absolute atomic E-state index is 0.0145. The number of carbonyl (C=O) groups is 2. The first-order chi connectivity index (χ1) is 10.5. The molecular weight excluding hydrogens is 278 g/mol. The molecule has 0 spiro atoms. The molecule has 2 atom stereocenters. The van der Waals surface area contributed by atoms with Gasteiger partial charge < -0.3 is 16.4 Å². The van der Waals surface area contributed by atoms with Gasteiger partial charge in [-0.25, -0.2) is 0 Å². The fourth-order valence-corrected chi connectivity index (χ4v) is 2.37. The van der Waals surface area contributed by atoms with Crippen LogP contribution in [-0.4, -0.2) is 30.4 Å². The molecule has 1 aromatic carbocycles. The van der Waals surface area contributed by atoms with Gasteiger partial charge in [-0.05, 0) is 44.7 Å². The maximum absolute atomic E-state index is 12.3. The highest BCUT2D eigenvalue weighted by atomic mass is 16.2. The normalized spacial score (nSPS) is 13.2.